The van der Waals surface area contributed by atoms with Crippen molar-refractivity contribution in [3.8, 4) is 11.5 Å². The molecular formula is C11H11BrO4. The Morgan fingerprint density at radius 2 is 2.12 bits per heavy atom. The smallest absolute Gasteiger partial charge is 0.314 e. The molecule has 0 bridgehead atoms. The molecule has 0 spiro atoms. The van der Waals surface area contributed by atoms with Gasteiger partial charge in [0.05, 0.1) is 17.0 Å². The van der Waals surface area contributed by atoms with E-state index in [4.69, 9.17) is 9.84 Å². The first kappa shape index (κ1) is 11.3. The molecule has 0 amide bonds. The quantitative estimate of drug-likeness (QED) is 0.895. The van der Waals surface area contributed by atoms with E-state index in [1.807, 2.05) is 0 Å². The van der Waals surface area contributed by atoms with Crippen LogP contribution < -0.4 is 4.74 Å². The van der Waals surface area contributed by atoms with Gasteiger partial charge in [-0.2, -0.15) is 0 Å². The normalized spacial score (nSPS) is 16.9. The minimum atomic E-state index is -0.827. The highest BCUT2D eigenvalue weighted by molar-refractivity contribution is 9.10. The van der Waals surface area contributed by atoms with Gasteiger partial charge in [-0.05, 0) is 46.5 Å². The molecule has 1 aliphatic rings. The van der Waals surface area contributed by atoms with Crippen molar-refractivity contribution >= 4 is 21.9 Å². The molecule has 1 saturated carbocycles. The van der Waals surface area contributed by atoms with Crippen LogP contribution in [0, 0.1) is 0 Å². The second-order valence-corrected chi connectivity index (χ2v) is 4.75. The summed E-state index contributed by atoms with van der Waals surface area (Å²) in [6.07, 6.45) is 1.26. The van der Waals surface area contributed by atoms with Gasteiger partial charge >= 0.3 is 5.97 Å². The van der Waals surface area contributed by atoms with E-state index in [2.05, 4.69) is 15.9 Å². The summed E-state index contributed by atoms with van der Waals surface area (Å²) in [6, 6.07) is 3.22. The zero-order chi connectivity index (χ0) is 11.9. The first-order valence-corrected chi connectivity index (χ1v) is 5.61. The van der Waals surface area contributed by atoms with Crippen molar-refractivity contribution in [2.24, 2.45) is 0 Å². The van der Waals surface area contributed by atoms with E-state index in [-0.39, 0.29) is 11.5 Å². The van der Waals surface area contributed by atoms with Gasteiger partial charge in [0.1, 0.15) is 0 Å². The topological polar surface area (TPSA) is 66.8 Å². The Morgan fingerprint density at radius 3 is 2.56 bits per heavy atom. The lowest BCUT2D eigenvalue weighted by atomic mass is 9.96. The van der Waals surface area contributed by atoms with Crippen LogP contribution in [0.5, 0.6) is 11.5 Å². The van der Waals surface area contributed by atoms with Gasteiger partial charge < -0.3 is 14.9 Å². The molecule has 1 aliphatic carbocycles. The van der Waals surface area contributed by atoms with Crippen LogP contribution in [0.1, 0.15) is 18.4 Å². The zero-order valence-corrected chi connectivity index (χ0v) is 10.2. The maximum absolute atomic E-state index is 11.2. The van der Waals surface area contributed by atoms with Crippen LogP contribution in [-0.4, -0.2) is 23.3 Å². The Labute approximate surface area is 101 Å². The molecule has 0 radical (unpaired) electrons. The van der Waals surface area contributed by atoms with Crippen molar-refractivity contribution in [1.82, 2.24) is 0 Å². The number of phenolic OH excluding ortho intramolecular Hbond substituents is 1. The van der Waals surface area contributed by atoms with Gasteiger partial charge in [0.25, 0.3) is 0 Å². The number of benzene rings is 1. The molecule has 0 aromatic heterocycles. The number of aliphatic carboxylic acids is 1. The summed E-state index contributed by atoms with van der Waals surface area (Å²) in [7, 11) is 1.44. The number of phenols is 1. The van der Waals surface area contributed by atoms with Gasteiger partial charge in [0, 0.05) is 0 Å². The summed E-state index contributed by atoms with van der Waals surface area (Å²) < 4.78 is 5.45. The molecule has 0 aliphatic heterocycles. The van der Waals surface area contributed by atoms with E-state index in [1.54, 1.807) is 12.1 Å². The van der Waals surface area contributed by atoms with E-state index in [0.29, 0.717) is 22.9 Å². The molecule has 4 nitrogen and oxygen atoms in total. The largest absolute Gasteiger partial charge is 0.503 e. The van der Waals surface area contributed by atoms with Crippen LogP contribution in [0.15, 0.2) is 16.6 Å². The van der Waals surface area contributed by atoms with Gasteiger partial charge in [-0.25, -0.2) is 0 Å². The third-order valence-electron chi connectivity index (χ3n) is 2.96. The maximum atomic E-state index is 11.2. The molecule has 0 heterocycles. The fourth-order valence-electron chi connectivity index (χ4n) is 1.76. The lowest BCUT2D eigenvalue weighted by molar-refractivity contribution is -0.140. The molecule has 1 aromatic rings. The van der Waals surface area contributed by atoms with Crippen LogP contribution in [0.4, 0.5) is 0 Å². The molecule has 2 rings (SSSR count). The molecule has 5 heteroatoms. The molecule has 0 atom stereocenters. The van der Waals surface area contributed by atoms with Gasteiger partial charge in [-0.15, -0.1) is 0 Å². The van der Waals surface area contributed by atoms with E-state index in [1.165, 1.54) is 7.11 Å². The van der Waals surface area contributed by atoms with Crippen molar-refractivity contribution in [2.45, 2.75) is 18.3 Å². The first-order chi connectivity index (χ1) is 7.51. The second-order valence-electron chi connectivity index (χ2n) is 3.90. The van der Waals surface area contributed by atoms with E-state index >= 15 is 0 Å². The number of ether oxygens (including phenoxy) is 1. The number of aromatic hydroxyl groups is 1. The van der Waals surface area contributed by atoms with Crippen LogP contribution >= 0.6 is 15.9 Å². The van der Waals surface area contributed by atoms with Crippen molar-refractivity contribution < 1.29 is 19.7 Å². The van der Waals surface area contributed by atoms with Crippen LogP contribution in [0.2, 0.25) is 0 Å². The molecule has 2 N–H and O–H groups in total. The van der Waals surface area contributed by atoms with E-state index in [0.717, 1.165) is 0 Å². The molecule has 1 aromatic carbocycles. The number of carboxylic acid groups (broad SMARTS) is 1. The Balaban J connectivity index is 2.51. The Kier molecular flexibility index (Phi) is 2.58. The van der Waals surface area contributed by atoms with Crippen molar-refractivity contribution in [3.63, 3.8) is 0 Å². The predicted octanol–water partition coefficient (Wildman–Crippen LogP) is 2.28. The number of methoxy groups -OCH3 is 1. The second kappa shape index (κ2) is 3.66. The standard InChI is InChI=1S/C11H11BrO4/c1-16-8-5-6(4-7(12)9(8)13)11(2-3-11)10(14)15/h4-5,13H,2-3H2,1H3,(H,14,15). The number of hydrogen-bond acceptors (Lipinski definition) is 3. The third-order valence-corrected chi connectivity index (χ3v) is 3.56. The van der Waals surface area contributed by atoms with Crippen LogP contribution in [-0.2, 0) is 10.2 Å². The van der Waals surface area contributed by atoms with E-state index < -0.39 is 11.4 Å². The molecule has 0 unspecified atom stereocenters. The predicted molar refractivity (Wildman–Crippen MR) is 60.9 cm³/mol. The minimum absolute atomic E-state index is 0.00700. The number of carboxylic acids is 1. The van der Waals surface area contributed by atoms with Gasteiger partial charge in [0.15, 0.2) is 11.5 Å². The zero-order valence-electron chi connectivity index (χ0n) is 8.66. The van der Waals surface area contributed by atoms with Crippen molar-refractivity contribution in [3.05, 3.63) is 22.2 Å². The summed E-state index contributed by atoms with van der Waals surface area (Å²) in [4.78, 5) is 11.2. The Bertz CT molecular complexity index is 452. The molecule has 16 heavy (non-hydrogen) atoms. The third kappa shape index (κ3) is 1.55. The minimum Gasteiger partial charge on any atom is -0.503 e. The molecule has 86 valence electrons. The summed E-state index contributed by atoms with van der Waals surface area (Å²) in [5, 5.41) is 18.8. The molecule has 0 saturated heterocycles. The number of rotatable bonds is 3. The van der Waals surface area contributed by atoms with Gasteiger partial charge in [-0.1, -0.05) is 0 Å². The summed E-state index contributed by atoms with van der Waals surface area (Å²) in [5.74, 6) is -0.545. The fourth-order valence-corrected chi connectivity index (χ4v) is 2.20. The lowest BCUT2D eigenvalue weighted by Gasteiger charge is -2.13. The highest BCUT2D eigenvalue weighted by Gasteiger charge is 2.52. The Hall–Kier alpha value is -1.23. The van der Waals surface area contributed by atoms with Crippen molar-refractivity contribution in [2.75, 3.05) is 7.11 Å². The number of hydrogen-bond donors (Lipinski definition) is 2. The van der Waals surface area contributed by atoms with Gasteiger partial charge in [-0.3, -0.25) is 4.79 Å². The van der Waals surface area contributed by atoms with E-state index in [9.17, 15) is 9.90 Å². The number of carbonyl (C=O) groups is 1. The molecular weight excluding hydrogens is 276 g/mol. The van der Waals surface area contributed by atoms with Gasteiger partial charge in [0.2, 0.25) is 0 Å². The lowest BCUT2D eigenvalue weighted by Crippen LogP contribution is -2.19. The van der Waals surface area contributed by atoms with Crippen LogP contribution in [0.25, 0.3) is 0 Å². The summed E-state index contributed by atoms with van der Waals surface area (Å²) >= 11 is 3.18. The highest BCUT2D eigenvalue weighted by Crippen LogP contribution is 2.51. The average Bonchev–Trinajstić information content (AvgIpc) is 3.02. The SMILES string of the molecule is COc1cc(C2(C(=O)O)CC2)cc(Br)c1O. The summed E-state index contributed by atoms with van der Waals surface area (Å²) in [5.41, 5.74) is -0.120. The summed E-state index contributed by atoms with van der Waals surface area (Å²) in [6.45, 7) is 0. The number of halogens is 1. The van der Waals surface area contributed by atoms with Crippen LogP contribution in [0.3, 0.4) is 0 Å². The Morgan fingerprint density at radius 1 is 1.50 bits per heavy atom. The molecule has 1 fully saturated rings. The first-order valence-electron chi connectivity index (χ1n) is 4.81. The average molecular weight is 287 g/mol. The highest BCUT2D eigenvalue weighted by atomic mass is 79.9. The monoisotopic (exact) mass is 286 g/mol. The van der Waals surface area contributed by atoms with Crippen molar-refractivity contribution in [1.29, 1.82) is 0 Å². The fraction of sp³-hybridized carbons (Fsp3) is 0.364. The maximum Gasteiger partial charge on any atom is 0.314 e.